The van der Waals surface area contributed by atoms with Gasteiger partial charge in [0.1, 0.15) is 5.75 Å². The summed E-state index contributed by atoms with van der Waals surface area (Å²) in [4.78, 5) is 0. The summed E-state index contributed by atoms with van der Waals surface area (Å²) in [5.41, 5.74) is 0.734. The van der Waals surface area contributed by atoms with Crippen molar-refractivity contribution in [1.82, 2.24) is 0 Å². The normalized spacial score (nSPS) is 13.5. The lowest BCUT2D eigenvalue weighted by atomic mass is 10.1. The SMILES string of the molecule is CC(F)(F)CCc1ccc(OS(=O)O)cc1. The van der Waals surface area contributed by atoms with Crippen LogP contribution in [0.2, 0.25) is 0 Å². The summed E-state index contributed by atoms with van der Waals surface area (Å²) in [5, 5.41) is 0. The Morgan fingerprint density at radius 1 is 1.38 bits per heavy atom. The molecule has 1 aromatic carbocycles. The molecule has 0 saturated carbocycles. The average Bonchev–Trinajstić information content (AvgIpc) is 2.14. The number of hydrogen-bond donors (Lipinski definition) is 1. The van der Waals surface area contributed by atoms with Crippen LogP contribution in [-0.2, 0) is 17.8 Å². The molecule has 1 rings (SSSR count). The molecule has 0 aliphatic carbocycles. The van der Waals surface area contributed by atoms with Crippen LogP contribution in [0.4, 0.5) is 8.78 Å². The van der Waals surface area contributed by atoms with Crippen LogP contribution < -0.4 is 4.18 Å². The zero-order valence-corrected chi connectivity index (χ0v) is 9.47. The highest BCUT2D eigenvalue weighted by Gasteiger charge is 2.20. The molecule has 0 spiro atoms. The lowest BCUT2D eigenvalue weighted by molar-refractivity contribution is 0.0133. The van der Waals surface area contributed by atoms with Crippen molar-refractivity contribution in [3.63, 3.8) is 0 Å². The van der Waals surface area contributed by atoms with Crippen LogP contribution in [0.3, 0.4) is 0 Å². The van der Waals surface area contributed by atoms with Gasteiger partial charge in [0.2, 0.25) is 5.92 Å². The van der Waals surface area contributed by atoms with E-state index in [1.54, 1.807) is 12.1 Å². The lowest BCUT2D eigenvalue weighted by Crippen LogP contribution is -2.10. The van der Waals surface area contributed by atoms with Crippen molar-refractivity contribution in [1.29, 1.82) is 0 Å². The summed E-state index contributed by atoms with van der Waals surface area (Å²) in [6.07, 6.45) is 0.0329. The minimum Gasteiger partial charge on any atom is -0.380 e. The molecule has 90 valence electrons. The molecule has 16 heavy (non-hydrogen) atoms. The number of hydrogen-bond acceptors (Lipinski definition) is 2. The molecule has 1 unspecified atom stereocenters. The van der Waals surface area contributed by atoms with E-state index in [2.05, 4.69) is 4.18 Å². The van der Waals surface area contributed by atoms with Crippen LogP contribution in [0.5, 0.6) is 5.75 Å². The summed E-state index contributed by atoms with van der Waals surface area (Å²) in [5.74, 6) is -2.45. The van der Waals surface area contributed by atoms with Crippen LogP contribution in [0.25, 0.3) is 0 Å². The van der Waals surface area contributed by atoms with Crippen molar-refractivity contribution in [3.05, 3.63) is 29.8 Å². The largest absolute Gasteiger partial charge is 0.380 e. The van der Waals surface area contributed by atoms with Gasteiger partial charge in [0.25, 0.3) is 0 Å². The molecule has 0 aliphatic rings. The first-order chi connectivity index (χ1) is 7.37. The second kappa shape index (κ2) is 5.36. The molecule has 0 aromatic heterocycles. The highest BCUT2D eigenvalue weighted by molar-refractivity contribution is 7.74. The van der Waals surface area contributed by atoms with E-state index in [0.29, 0.717) is 0 Å². The number of aryl methyl sites for hydroxylation is 1. The van der Waals surface area contributed by atoms with Gasteiger partial charge in [-0.2, -0.15) is 4.21 Å². The summed E-state index contributed by atoms with van der Waals surface area (Å²) < 4.78 is 48.4. The van der Waals surface area contributed by atoms with Crippen molar-refractivity contribution in [2.45, 2.75) is 25.7 Å². The van der Waals surface area contributed by atoms with E-state index in [-0.39, 0.29) is 18.6 Å². The van der Waals surface area contributed by atoms with Gasteiger partial charge in [-0.3, -0.25) is 4.55 Å². The second-order valence-corrected chi connectivity index (χ2v) is 4.12. The first kappa shape index (κ1) is 13.1. The predicted octanol–water partition coefficient (Wildman–Crippen LogP) is 2.79. The quantitative estimate of drug-likeness (QED) is 0.817. The predicted molar refractivity (Wildman–Crippen MR) is 56.8 cm³/mol. The second-order valence-electron chi connectivity index (χ2n) is 3.51. The van der Waals surface area contributed by atoms with Crippen molar-refractivity contribution < 1.29 is 21.7 Å². The van der Waals surface area contributed by atoms with Gasteiger partial charge in [-0.15, -0.1) is 0 Å². The molecule has 1 aromatic rings. The van der Waals surface area contributed by atoms with Gasteiger partial charge in [-0.05, 0) is 31.0 Å². The molecular weight excluding hydrogens is 238 g/mol. The maximum Gasteiger partial charge on any atom is 0.357 e. The van der Waals surface area contributed by atoms with Gasteiger partial charge in [0, 0.05) is 6.42 Å². The van der Waals surface area contributed by atoms with E-state index in [1.165, 1.54) is 12.1 Å². The third-order valence-electron chi connectivity index (χ3n) is 1.94. The molecule has 6 heteroatoms. The molecule has 0 heterocycles. The van der Waals surface area contributed by atoms with Crippen molar-refractivity contribution in [2.75, 3.05) is 0 Å². The fraction of sp³-hybridized carbons (Fsp3) is 0.400. The first-order valence-electron chi connectivity index (χ1n) is 4.63. The van der Waals surface area contributed by atoms with E-state index >= 15 is 0 Å². The summed E-state index contributed by atoms with van der Waals surface area (Å²) in [6.45, 7) is 0.874. The van der Waals surface area contributed by atoms with E-state index in [9.17, 15) is 13.0 Å². The highest BCUT2D eigenvalue weighted by atomic mass is 32.2. The number of rotatable bonds is 5. The third-order valence-corrected chi connectivity index (χ3v) is 2.28. The zero-order valence-electron chi connectivity index (χ0n) is 8.65. The van der Waals surface area contributed by atoms with Gasteiger partial charge < -0.3 is 4.18 Å². The molecule has 1 atom stereocenters. The van der Waals surface area contributed by atoms with E-state index in [1.807, 2.05) is 0 Å². The minimum absolute atomic E-state index is 0.223. The van der Waals surface area contributed by atoms with Gasteiger partial charge >= 0.3 is 11.4 Å². The van der Waals surface area contributed by atoms with E-state index < -0.39 is 17.3 Å². The van der Waals surface area contributed by atoms with E-state index in [0.717, 1.165) is 12.5 Å². The van der Waals surface area contributed by atoms with Crippen LogP contribution in [0.1, 0.15) is 18.9 Å². The fourth-order valence-electron chi connectivity index (χ4n) is 1.16. The third kappa shape index (κ3) is 5.18. The topological polar surface area (TPSA) is 46.5 Å². The average molecular weight is 250 g/mol. The van der Waals surface area contributed by atoms with Crippen LogP contribution in [-0.4, -0.2) is 14.7 Å². The smallest absolute Gasteiger partial charge is 0.357 e. The van der Waals surface area contributed by atoms with Crippen LogP contribution in [0, 0.1) is 0 Å². The molecule has 3 nitrogen and oxygen atoms in total. The zero-order chi connectivity index (χ0) is 12.2. The Hall–Kier alpha value is -1.01. The summed E-state index contributed by atoms with van der Waals surface area (Å²) in [7, 11) is 0. The maximum absolute atomic E-state index is 12.6. The molecule has 0 amide bonds. The molecule has 0 saturated heterocycles. The van der Waals surface area contributed by atoms with E-state index in [4.69, 9.17) is 4.55 Å². The standard InChI is InChI=1S/C10H12F2O3S/c1-10(11,12)7-6-8-2-4-9(5-3-8)15-16(13)14/h2-5H,6-7H2,1H3,(H,13,14). The van der Waals surface area contributed by atoms with Gasteiger partial charge in [-0.25, -0.2) is 8.78 Å². The Balaban J connectivity index is 2.55. The first-order valence-corrected chi connectivity index (χ1v) is 5.66. The molecule has 0 radical (unpaired) electrons. The Morgan fingerprint density at radius 3 is 2.38 bits per heavy atom. The highest BCUT2D eigenvalue weighted by Crippen LogP contribution is 2.21. The van der Waals surface area contributed by atoms with Gasteiger partial charge in [-0.1, -0.05) is 12.1 Å². The molecule has 1 N–H and O–H groups in total. The van der Waals surface area contributed by atoms with Crippen LogP contribution in [0.15, 0.2) is 24.3 Å². The number of alkyl halides is 2. The molecule has 0 aliphatic heterocycles. The number of halogens is 2. The summed E-state index contributed by atoms with van der Waals surface area (Å²) >= 11 is -2.36. The maximum atomic E-state index is 12.6. The monoisotopic (exact) mass is 250 g/mol. The lowest BCUT2D eigenvalue weighted by Gasteiger charge is -2.09. The Kier molecular flexibility index (Phi) is 4.37. The van der Waals surface area contributed by atoms with Crippen molar-refractivity contribution in [2.24, 2.45) is 0 Å². The Bertz CT molecular complexity index is 359. The Labute approximate surface area is 94.9 Å². The Morgan fingerprint density at radius 2 is 1.94 bits per heavy atom. The molecule has 0 bridgehead atoms. The van der Waals surface area contributed by atoms with Crippen molar-refractivity contribution in [3.8, 4) is 5.75 Å². The fourth-order valence-corrected chi connectivity index (χ4v) is 1.43. The minimum atomic E-state index is -2.68. The van der Waals surface area contributed by atoms with Gasteiger partial charge in [0.05, 0.1) is 0 Å². The van der Waals surface area contributed by atoms with Crippen molar-refractivity contribution >= 4 is 11.4 Å². The molecule has 0 fully saturated rings. The summed E-state index contributed by atoms with van der Waals surface area (Å²) in [6, 6.07) is 6.12. The van der Waals surface area contributed by atoms with Gasteiger partial charge in [0.15, 0.2) is 0 Å². The molecular formula is C10H12F2O3S. The van der Waals surface area contributed by atoms with Crippen LogP contribution >= 0.6 is 0 Å². The number of benzene rings is 1.